The number of rotatable bonds is 2. The molecule has 7 heteroatoms. The van der Waals surface area contributed by atoms with Crippen molar-refractivity contribution in [2.45, 2.75) is 0 Å². The van der Waals surface area contributed by atoms with Crippen molar-refractivity contribution >= 4 is 56.7 Å². The quantitative estimate of drug-likeness (QED) is 0.808. The molecule has 0 spiro atoms. The van der Waals surface area contributed by atoms with Gasteiger partial charge < -0.3 is 5.32 Å². The first-order chi connectivity index (χ1) is 9.04. The van der Waals surface area contributed by atoms with Crippen LogP contribution in [0.2, 0.25) is 10.0 Å². The van der Waals surface area contributed by atoms with E-state index in [2.05, 4.69) is 31.5 Å². The standard InChI is InChI=1S/C12H8BrCl2N3O/c13-7-1-4-11(16-6-7)18-12(19)17-10-5-8(14)2-3-9(10)15/h1-6H,(H2,16,17,18,19). The molecular weight excluding hydrogens is 353 g/mol. The summed E-state index contributed by atoms with van der Waals surface area (Å²) in [5, 5.41) is 6.07. The van der Waals surface area contributed by atoms with Crippen LogP contribution in [0.3, 0.4) is 0 Å². The highest BCUT2D eigenvalue weighted by Gasteiger charge is 2.07. The van der Waals surface area contributed by atoms with Gasteiger partial charge >= 0.3 is 6.03 Å². The molecule has 2 aromatic rings. The Hall–Kier alpha value is -1.30. The summed E-state index contributed by atoms with van der Waals surface area (Å²) in [6.45, 7) is 0. The van der Waals surface area contributed by atoms with Crippen molar-refractivity contribution in [1.29, 1.82) is 0 Å². The van der Waals surface area contributed by atoms with Gasteiger partial charge in [0.2, 0.25) is 0 Å². The Bertz CT molecular complexity index is 604. The van der Waals surface area contributed by atoms with Gasteiger partial charge in [-0.3, -0.25) is 5.32 Å². The molecule has 0 aliphatic heterocycles. The van der Waals surface area contributed by atoms with Gasteiger partial charge in [-0.15, -0.1) is 0 Å². The van der Waals surface area contributed by atoms with Gasteiger partial charge in [0.05, 0.1) is 10.7 Å². The van der Waals surface area contributed by atoms with Crippen molar-refractivity contribution in [1.82, 2.24) is 4.98 Å². The number of pyridine rings is 1. The van der Waals surface area contributed by atoms with Gasteiger partial charge in [0.15, 0.2) is 0 Å². The van der Waals surface area contributed by atoms with Crippen LogP contribution in [0.15, 0.2) is 41.0 Å². The molecule has 1 aromatic carbocycles. The van der Waals surface area contributed by atoms with Crippen molar-refractivity contribution in [3.8, 4) is 0 Å². The average Bonchev–Trinajstić information content (AvgIpc) is 2.37. The van der Waals surface area contributed by atoms with Crippen LogP contribution in [0.1, 0.15) is 0 Å². The monoisotopic (exact) mass is 359 g/mol. The molecule has 2 N–H and O–H groups in total. The summed E-state index contributed by atoms with van der Waals surface area (Å²) in [6.07, 6.45) is 1.59. The number of halogens is 3. The number of amides is 2. The Labute approximate surface area is 128 Å². The van der Waals surface area contributed by atoms with Gasteiger partial charge in [-0.2, -0.15) is 0 Å². The molecule has 0 radical (unpaired) electrons. The van der Waals surface area contributed by atoms with Crippen LogP contribution >= 0.6 is 39.1 Å². The first kappa shape index (κ1) is 14.1. The Morgan fingerprint density at radius 3 is 2.63 bits per heavy atom. The van der Waals surface area contributed by atoms with E-state index in [9.17, 15) is 4.79 Å². The number of anilines is 2. The van der Waals surface area contributed by atoms with Crippen molar-refractivity contribution in [2.24, 2.45) is 0 Å². The predicted octanol–water partition coefficient (Wildman–Crippen LogP) is 4.79. The SMILES string of the molecule is O=C(Nc1ccc(Br)cn1)Nc1cc(Cl)ccc1Cl. The number of benzene rings is 1. The molecule has 0 bridgehead atoms. The minimum Gasteiger partial charge on any atom is -0.306 e. The molecule has 0 aliphatic carbocycles. The smallest absolute Gasteiger partial charge is 0.306 e. The summed E-state index contributed by atoms with van der Waals surface area (Å²) in [7, 11) is 0. The first-order valence-corrected chi connectivity index (χ1v) is 6.74. The highest BCUT2D eigenvalue weighted by molar-refractivity contribution is 9.10. The maximum absolute atomic E-state index is 11.8. The summed E-state index contributed by atoms with van der Waals surface area (Å²) in [4.78, 5) is 15.8. The van der Waals surface area contributed by atoms with E-state index >= 15 is 0 Å². The summed E-state index contributed by atoms with van der Waals surface area (Å²) >= 11 is 15.0. The number of hydrogen-bond donors (Lipinski definition) is 2. The third-order valence-electron chi connectivity index (χ3n) is 2.15. The topological polar surface area (TPSA) is 54.0 Å². The lowest BCUT2D eigenvalue weighted by Gasteiger charge is -2.08. The number of hydrogen-bond acceptors (Lipinski definition) is 2. The summed E-state index contributed by atoms with van der Waals surface area (Å²) in [6, 6.07) is 7.82. The molecule has 0 aliphatic rings. The second kappa shape index (κ2) is 6.23. The first-order valence-electron chi connectivity index (χ1n) is 5.19. The summed E-state index contributed by atoms with van der Waals surface area (Å²) in [5.74, 6) is 0.429. The predicted molar refractivity (Wildman–Crippen MR) is 81.0 cm³/mol. The number of aromatic nitrogens is 1. The van der Waals surface area contributed by atoms with E-state index in [1.165, 1.54) is 0 Å². The normalized spacial score (nSPS) is 10.1. The van der Waals surface area contributed by atoms with E-state index in [0.717, 1.165) is 4.47 Å². The van der Waals surface area contributed by atoms with Gasteiger partial charge in [0, 0.05) is 15.7 Å². The van der Waals surface area contributed by atoms with Crippen LogP contribution in [0.4, 0.5) is 16.3 Å². The van der Waals surface area contributed by atoms with E-state index in [1.54, 1.807) is 36.5 Å². The fourth-order valence-corrected chi connectivity index (χ4v) is 1.88. The molecule has 1 heterocycles. The van der Waals surface area contributed by atoms with Crippen molar-refractivity contribution in [3.63, 3.8) is 0 Å². The molecule has 0 saturated carbocycles. The van der Waals surface area contributed by atoms with Gasteiger partial charge in [0.1, 0.15) is 5.82 Å². The molecule has 2 amide bonds. The van der Waals surface area contributed by atoms with E-state index in [0.29, 0.717) is 21.6 Å². The Morgan fingerprint density at radius 2 is 1.95 bits per heavy atom. The van der Waals surface area contributed by atoms with Crippen LogP contribution in [0.25, 0.3) is 0 Å². The van der Waals surface area contributed by atoms with Crippen LogP contribution in [-0.4, -0.2) is 11.0 Å². The fraction of sp³-hybridized carbons (Fsp3) is 0. The van der Waals surface area contributed by atoms with Gasteiger partial charge in [-0.1, -0.05) is 23.2 Å². The van der Waals surface area contributed by atoms with E-state index < -0.39 is 6.03 Å². The number of nitrogens with one attached hydrogen (secondary N) is 2. The number of carbonyl (C=O) groups excluding carboxylic acids is 1. The van der Waals surface area contributed by atoms with E-state index in [4.69, 9.17) is 23.2 Å². The fourth-order valence-electron chi connectivity index (χ4n) is 1.31. The van der Waals surface area contributed by atoms with Crippen LogP contribution in [-0.2, 0) is 0 Å². The second-order valence-electron chi connectivity index (χ2n) is 3.56. The molecule has 0 atom stereocenters. The Balaban J connectivity index is 2.05. The lowest BCUT2D eigenvalue weighted by atomic mass is 10.3. The number of urea groups is 1. The maximum Gasteiger partial charge on any atom is 0.324 e. The molecule has 98 valence electrons. The van der Waals surface area contributed by atoms with Crippen molar-refractivity contribution in [2.75, 3.05) is 10.6 Å². The van der Waals surface area contributed by atoms with Crippen LogP contribution in [0, 0.1) is 0 Å². The van der Waals surface area contributed by atoms with Crippen molar-refractivity contribution < 1.29 is 4.79 Å². The van der Waals surface area contributed by atoms with E-state index in [-0.39, 0.29) is 0 Å². The van der Waals surface area contributed by atoms with E-state index in [1.807, 2.05) is 0 Å². The van der Waals surface area contributed by atoms with Crippen LogP contribution in [0.5, 0.6) is 0 Å². The van der Waals surface area contributed by atoms with Gasteiger partial charge in [-0.05, 0) is 46.3 Å². The number of nitrogens with zero attached hydrogens (tertiary/aromatic N) is 1. The molecule has 0 saturated heterocycles. The van der Waals surface area contributed by atoms with Crippen molar-refractivity contribution in [3.05, 3.63) is 51.0 Å². The zero-order valence-corrected chi connectivity index (χ0v) is 12.6. The largest absolute Gasteiger partial charge is 0.324 e. The summed E-state index contributed by atoms with van der Waals surface area (Å²) < 4.78 is 0.830. The Morgan fingerprint density at radius 1 is 1.16 bits per heavy atom. The van der Waals surface area contributed by atoms with Gasteiger partial charge in [0.25, 0.3) is 0 Å². The molecule has 4 nitrogen and oxygen atoms in total. The molecule has 0 fully saturated rings. The highest BCUT2D eigenvalue weighted by Crippen LogP contribution is 2.25. The minimum absolute atomic E-state index is 0.406. The zero-order valence-electron chi connectivity index (χ0n) is 9.45. The lowest BCUT2D eigenvalue weighted by Crippen LogP contribution is -2.20. The molecular formula is C12H8BrCl2N3O. The maximum atomic E-state index is 11.8. The van der Waals surface area contributed by atoms with Gasteiger partial charge in [-0.25, -0.2) is 9.78 Å². The molecule has 19 heavy (non-hydrogen) atoms. The second-order valence-corrected chi connectivity index (χ2v) is 5.32. The third-order valence-corrected chi connectivity index (χ3v) is 3.18. The summed E-state index contributed by atoms with van der Waals surface area (Å²) in [5.41, 5.74) is 0.434. The number of carbonyl (C=O) groups is 1. The highest BCUT2D eigenvalue weighted by atomic mass is 79.9. The molecule has 0 unspecified atom stereocenters. The minimum atomic E-state index is -0.445. The third kappa shape index (κ3) is 4.09. The zero-order chi connectivity index (χ0) is 13.8. The average molecular weight is 361 g/mol. The lowest BCUT2D eigenvalue weighted by molar-refractivity contribution is 0.262. The molecule has 2 rings (SSSR count). The Kier molecular flexibility index (Phi) is 4.63. The molecule has 1 aromatic heterocycles. The van der Waals surface area contributed by atoms with Crippen LogP contribution < -0.4 is 10.6 Å².